The molecule has 0 saturated heterocycles. The van der Waals surface area contributed by atoms with Gasteiger partial charge in [-0.2, -0.15) is 0 Å². The molecule has 108 valence electrons. The molecule has 0 aliphatic rings. The zero-order valence-corrected chi connectivity index (χ0v) is 10.7. The number of rotatable bonds is 5. The second kappa shape index (κ2) is 6.85. The Morgan fingerprint density at radius 1 is 1.15 bits per heavy atom. The van der Waals surface area contributed by atoms with Crippen molar-refractivity contribution in [2.45, 2.75) is 0 Å². The van der Waals surface area contributed by atoms with E-state index in [0.29, 0.717) is 18.2 Å². The van der Waals surface area contributed by atoms with Gasteiger partial charge in [0.2, 0.25) is 0 Å². The van der Waals surface area contributed by atoms with Gasteiger partial charge in [0, 0.05) is 7.11 Å². The molecule has 0 amide bonds. The SMILES string of the molecule is COCC(=O)/C(=C/c1c(F)ccc(F)c1F)C(=O)OC. The maximum atomic E-state index is 13.5. The fraction of sp³-hybridized carbons (Fsp3) is 0.231. The van der Waals surface area contributed by atoms with E-state index in [9.17, 15) is 22.8 Å². The van der Waals surface area contributed by atoms with Crippen LogP contribution in [0.1, 0.15) is 5.56 Å². The smallest absolute Gasteiger partial charge is 0.341 e. The lowest BCUT2D eigenvalue weighted by Crippen LogP contribution is -2.18. The topological polar surface area (TPSA) is 52.6 Å². The number of ether oxygens (including phenoxy) is 2. The van der Waals surface area contributed by atoms with Gasteiger partial charge in [-0.25, -0.2) is 18.0 Å². The van der Waals surface area contributed by atoms with Crippen LogP contribution in [0.5, 0.6) is 0 Å². The Balaban J connectivity index is 3.37. The minimum Gasteiger partial charge on any atom is -0.465 e. The average Bonchev–Trinajstić information content (AvgIpc) is 2.42. The van der Waals surface area contributed by atoms with Crippen molar-refractivity contribution in [1.82, 2.24) is 0 Å². The largest absolute Gasteiger partial charge is 0.465 e. The predicted molar refractivity (Wildman–Crippen MR) is 63.2 cm³/mol. The lowest BCUT2D eigenvalue weighted by molar-refractivity contribution is -0.138. The van der Waals surface area contributed by atoms with E-state index in [1.807, 2.05) is 0 Å². The van der Waals surface area contributed by atoms with E-state index < -0.39 is 46.9 Å². The third-order valence-electron chi connectivity index (χ3n) is 2.35. The predicted octanol–water partition coefficient (Wildman–Crippen LogP) is 1.88. The molecule has 4 nitrogen and oxygen atoms in total. The van der Waals surface area contributed by atoms with Gasteiger partial charge in [-0.05, 0) is 18.2 Å². The lowest BCUT2D eigenvalue weighted by Gasteiger charge is -2.06. The summed E-state index contributed by atoms with van der Waals surface area (Å²) in [5.74, 6) is -5.87. The minimum atomic E-state index is -1.50. The number of methoxy groups -OCH3 is 2. The zero-order chi connectivity index (χ0) is 15.3. The molecule has 0 radical (unpaired) electrons. The van der Waals surface area contributed by atoms with Crippen LogP contribution in [0.2, 0.25) is 0 Å². The second-order valence-corrected chi connectivity index (χ2v) is 3.66. The third kappa shape index (κ3) is 3.45. The summed E-state index contributed by atoms with van der Waals surface area (Å²) in [6.45, 7) is -0.487. The molecule has 20 heavy (non-hydrogen) atoms. The molecule has 0 aliphatic heterocycles. The lowest BCUT2D eigenvalue weighted by atomic mass is 10.1. The summed E-state index contributed by atoms with van der Waals surface area (Å²) >= 11 is 0. The molecular weight excluding hydrogens is 277 g/mol. The van der Waals surface area contributed by atoms with Crippen molar-refractivity contribution in [1.29, 1.82) is 0 Å². The van der Waals surface area contributed by atoms with E-state index in [2.05, 4.69) is 9.47 Å². The van der Waals surface area contributed by atoms with Crippen molar-refractivity contribution >= 4 is 17.8 Å². The molecule has 0 fully saturated rings. The molecule has 0 unspecified atom stereocenters. The molecule has 0 N–H and O–H groups in total. The van der Waals surface area contributed by atoms with Crippen LogP contribution in [0, 0.1) is 17.5 Å². The summed E-state index contributed by atoms with van der Waals surface area (Å²) < 4.78 is 48.9. The highest BCUT2D eigenvalue weighted by Gasteiger charge is 2.21. The number of ketones is 1. The summed E-state index contributed by atoms with van der Waals surface area (Å²) in [4.78, 5) is 23.1. The highest BCUT2D eigenvalue weighted by Crippen LogP contribution is 2.19. The Morgan fingerprint density at radius 2 is 1.75 bits per heavy atom. The van der Waals surface area contributed by atoms with Gasteiger partial charge >= 0.3 is 5.97 Å². The van der Waals surface area contributed by atoms with Crippen LogP contribution >= 0.6 is 0 Å². The van der Waals surface area contributed by atoms with Gasteiger partial charge in [-0.15, -0.1) is 0 Å². The average molecular weight is 288 g/mol. The van der Waals surface area contributed by atoms with Crippen molar-refractivity contribution < 1.29 is 32.2 Å². The van der Waals surface area contributed by atoms with Gasteiger partial charge in [-0.3, -0.25) is 4.79 Å². The maximum Gasteiger partial charge on any atom is 0.341 e. The highest BCUT2D eigenvalue weighted by atomic mass is 19.2. The molecular formula is C13H11F3O4. The number of halogens is 3. The summed E-state index contributed by atoms with van der Waals surface area (Å²) in [6, 6.07) is 1.27. The van der Waals surface area contributed by atoms with Crippen LogP contribution in [0.4, 0.5) is 13.2 Å². The van der Waals surface area contributed by atoms with E-state index in [4.69, 9.17) is 0 Å². The number of Topliss-reactive ketones (excluding diaryl/α,β-unsaturated/α-hetero) is 1. The molecule has 0 bridgehead atoms. The quantitative estimate of drug-likeness (QED) is 0.273. The number of esters is 1. The normalized spacial score (nSPS) is 11.3. The summed E-state index contributed by atoms with van der Waals surface area (Å²) in [6.07, 6.45) is 0.598. The number of hydrogen-bond acceptors (Lipinski definition) is 4. The van der Waals surface area contributed by atoms with Gasteiger partial charge in [-0.1, -0.05) is 0 Å². The van der Waals surface area contributed by atoms with Crippen LogP contribution < -0.4 is 0 Å². The fourth-order valence-corrected chi connectivity index (χ4v) is 1.39. The maximum absolute atomic E-state index is 13.5. The van der Waals surface area contributed by atoms with Crippen LogP contribution in [-0.2, 0) is 19.1 Å². The number of carbonyl (C=O) groups is 2. The molecule has 0 aromatic heterocycles. The van der Waals surface area contributed by atoms with Crippen molar-refractivity contribution in [2.24, 2.45) is 0 Å². The molecule has 0 aliphatic carbocycles. The summed E-state index contributed by atoms with van der Waals surface area (Å²) in [7, 11) is 2.20. The van der Waals surface area contributed by atoms with E-state index >= 15 is 0 Å². The van der Waals surface area contributed by atoms with Gasteiger partial charge in [0.25, 0.3) is 0 Å². The van der Waals surface area contributed by atoms with E-state index in [1.165, 1.54) is 7.11 Å². The first kappa shape index (κ1) is 15.9. The first-order valence-corrected chi connectivity index (χ1v) is 5.38. The zero-order valence-electron chi connectivity index (χ0n) is 10.7. The highest BCUT2D eigenvalue weighted by molar-refractivity contribution is 6.21. The molecule has 1 rings (SSSR count). The first-order valence-electron chi connectivity index (χ1n) is 5.38. The fourth-order valence-electron chi connectivity index (χ4n) is 1.39. The Labute approximate surface area is 112 Å². The van der Waals surface area contributed by atoms with Crippen molar-refractivity contribution in [2.75, 3.05) is 20.8 Å². The van der Waals surface area contributed by atoms with Gasteiger partial charge < -0.3 is 9.47 Å². The molecule has 0 heterocycles. The molecule has 1 aromatic carbocycles. The Bertz CT molecular complexity index is 567. The Kier molecular flexibility index (Phi) is 5.45. The summed E-state index contributed by atoms with van der Waals surface area (Å²) in [5.41, 5.74) is -1.48. The van der Waals surface area contributed by atoms with Gasteiger partial charge in [0.15, 0.2) is 17.4 Å². The van der Waals surface area contributed by atoms with E-state index in [1.54, 1.807) is 0 Å². The Hall–Kier alpha value is -2.15. The van der Waals surface area contributed by atoms with Crippen LogP contribution in [0.25, 0.3) is 6.08 Å². The van der Waals surface area contributed by atoms with Crippen LogP contribution in [0.15, 0.2) is 17.7 Å². The van der Waals surface area contributed by atoms with Crippen LogP contribution in [-0.4, -0.2) is 32.6 Å². The molecule has 1 aromatic rings. The second-order valence-electron chi connectivity index (χ2n) is 3.66. The van der Waals surface area contributed by atoms with Crippen molar-refractivity contribution in [3.8, 4) is 0 Å². The Morgan fingerprint density at radius 3 is 2.30 bits per heavy atom. The third-order valence-corrected chi connectivity index (χ3v) is 2.35. The number of benzene rings is 1. The molecule has 7 heteroatoms. The van der Waals surface area contributed by atoms with Gasteiger partial charge in [0.1, 0.15) is 18.0 Å². The molecule has 0 saturated carbocycles. The van der Waals surface area contributed by atoms with E-state index in [-0.39, 0.29) is 0 Å². The molecule has 0 spiro atoms. The molecule has 0 atom stereocenters. The van der Waals surface area contributed by atoms with Crippen molar-refractivity contribution in [3.05, 3.63) is 40.7 Å². The number of carbonyl (C=O) groups excluding carboxylic acids is 2. The standard InChI is InChI=1S/C13H11F3O4/c1-19-6-11(17)8(13(18)20-2)5-7-9(14)3-4-10(15)12(7)16/h3-5H,6H2,1-2H3/b8-5-. The van der Waals surface area contributed by atoms with Crippen molar-refractivity contribution in [3.63, 3.8) is 0 Å². The van der Waals surface area contributed by atoms with Crippen LogP contribution in [0.3, 0.4) is 0 Å². The first-order chi connectivity index (χ1) is 9.42. The monoisotopic (exact) mass is 288 g/mol. The minimum absolute atomic E-state index is 0.487. The van der Waals surface area contributed by atoms with E-state index in [0.717, 1.165) is 7.11 Å². The van der Waals surface area contributed by atoms with Gasteiger partial charge in [0.05, 0.1) is 12.7 Å². The summed E-state index contributed by atoms with van der Waals surface area (Å²) in [5, 5.41) is 0. The number of hydrogen-bond donors (Lipinski definition) is 0.